The maximum Gasteiger partial charge on any atom is 0.244 e. The Morgan fingerprint density at radius 2 is 1.96 bits per heavy atom. The molecule has 5 nitrogen and oxygen atoms in total. The van der Waals surface area contributed by atoms with Crippen molar-refractivity contribution in [2.24, 2.45) is 0 Å². The normalized spacial score (nSPS) is 10.4. The molecule has 0 saturated carbocycles. The SMILES string of the molecule is COc1ccc(Cl)cc1NC(=O)CN(C)C(=O)CSc1cc(F)ccc1F. The van der Waals surface area contributed by atoms with Crippen molar-refractivity contribution in [2.45, 2.75) is 4.90 Å². The first-order valence-corrected chi connectivity index (χ1v) is 9.11. The van der Waals surface area contributed by atoms with Crippen molar-refractivity contribution in [3.8, 4) is 5.75 Å². The zero-order chi connectivity index (χ0) is 20.0. The highest BCUT2D eigenvalue weighted by atomic mass is 35.5. The molecule has 0 spiro atoms. The Morgan fingerprint density at radius 3 is 2.67 bits per heavy atom. The molecule has 0 radical (unpaired) electrons. The number of benzene rings is 2. The molecule has 2 amide bonds. The number of hydrogen-bond acceptors (Lipinski definition) is 4. The van der Waals surface area contributed by atoms with Crippen LogP contribution in [0.3, 0.4) is 0 Å². The molecule has 0 aliphatic carbocycles. The van der Waals surface area contributed by atoms with E-state index >= 15 is 0 Å². The first-order valence-electron chi connectivity index (χ1n) is 7.75. The number of halogens is 3. The van der Waals surface area contributed by atoms with E-state index in [-0.39, 0.29) is 17.2 Å². The third-order valence-corrected chi connectivity index (χ3v) is 4.74. The van der Waals surface area contributed by atoms with Crippen LogP contribution < -0.4 is 10.1 Å². The highest BCUT2D eigenvalue weighted by Gasteiger charge is 2.16. The molecule has 9 heteroatoms. The molecule has 1 N–H and O–H groups in total. The average molecular weight is 415 g/mol. The summed E-state index contributed by atoms with van der Waals surface area (Å²) in [5.41, 5.74) is 0.382. The van der Waals surface area contributed by atoms with Gasteiger partial charge in [-0.05, 0) is 36.4 Å². The third-order valence-electron chi connectivity index (χ3n) is 3.49. The first kappa shape index (κ1) is 21.0. The van der Waals surface area contributed by atoms with E-state index in [0.717, 1.165) is 30.0 Å². The highest BCUT2D eigenvalue weighted by Crippen LogP contribution is 2.27. The second-order valence-electron chi connectivity index (χ2n) is 5.51. The lowest BCUT2D eigenvalue weighted by atomic mass is 10.3. The molecule has 2 aromatic rings. The van der Waals surface area contributed by atoms with Crippen LogP contribution in [0, 0.1) is 11.6 Å². The molecule has 0 aromatic heterocycles. The molecule has 2 aromatic carbocycles. The minimum atomic E-state index is -0.609. The lowest BCUT2D eigenvalue weighted by Crippen LogP contribution is -2.36. The van der Waals surface area contributed by atoms with Crippen molar-refractivity contribution in [2.75, 3.05) is 31.8 Å². The lowest BCUT2D eigenvalue weighted by molar-refractivity contribution is -0.131. The van der Waals surface area contributed by atoms with Crippen molar-refractivity contribution in [3.63, 3.8) is 0 Å². The Hall–Kier alpha value is -2.32. The van der Waals surface area contributed by atoms with E-state index in [0.29, 0.717) is 16.5 Å². The number of thioether (sulfide) groups is 1. The topological polar surface area (TPSA) is 58.6 Å². The number of likely N-dealkylation sites (N-methyl/N-ethyl adjacent to an activating group) is 1. The van der Waals surface area contributed by atoms with Crippen LogP contribution in [0.4, 0.5) is 14.5 Å². The predicted octanol–water partition coefficient (Wildman–Crippen LogP) is 3.82. The number of hydrogen-bond donors (Lipinski definition) is 1. The number of methoxy groups -OCH3 is 1. The van der Waals surface area contributed by atoms with E-state index in [4.69, 9.17) is 16.3 Å². The predicted molar refractivity (Wildman–Crippen MR) is 101 cm³/mol. The summed E-state index contributed by atoms with van der Waals surface area (Å²) in [6, 6.07) is 7.78. The van der Waals surface area contributed by atoms with Crippen LogP contribution in [-0.2, 0) is 9.59 Å². The van der Waals surface area contributed by atoms with E-state index in [1.54, 1.807) is 12.1 Å². The number of rotatable bonds is 7. The molecule has 0 heterocycles. The Labute approximate surface area is 164 Å². The van der Waals surface area contributed by atoms with Crippen molar-refractivity contribution in [1.29, 1.82) is 0 Å². The molecule has 27 heavy (non-hydrogen) atoms. The van der Waals surface area contributed by atoms with Gasteiger partial charge in [0.2, 0.25) is 11.8 Å². The monoisotopic (exact) mass is 414 g/mol. The zero-order valence-electron chi connectivity index (χ0n) is 14.6. The zero-order valence-corrected chi connectivity index (χ0v) is 16.2. The van der Waals surface area contributed by atoms with Gasteiger partial charge in [0.25, 0.3) is 0 Å². The fourth-order valence-electron chi connectivity index (χ4n) is 2.11. The molecule has 0 aliphatic heterocycles. The molecular formula is C18H17ClF2N2O3S. The minimum Gasteiger partial charge on any atom is -0.495 e. The molecule has 0 atom stereocenters. The maximum absolute atomic E-state index is 13.6. The van der Waals surface area contributed by atoms with Crippen LogP contribution in [0.25, 0.3) is 0 Å². The molecule has 0 fully saturated rings. The Kier molecular flexibility index (Phi) is 7.44. The summed E-state index contributed by atoms with van der Waals surface area (Å²) in [6.07, 6.45) is 0. The lowest BCUT2D eigenvalue weighted by Gasteiger charge is -2.17. The smallest absolute Gasteiger partial charge is 0.244 e. The van der Waals surface area contributed by atoms with Crippen LogP contribution in [0.2, 0.25) is 5.02 Å². The molecule has 0 bridgehead atoms. The van der Waals surface area contributed by atoms with Gasteiger partial charge in [-0.2, -0.15) is 0 Å². The number of ether oxygens (including phenoxy) is 1. The summed E-state index contributed by atoms with van der Waals surface area (Å²) in [5.74, 6) is -1.76. The van der Waals surface area contributed by atoms with Gasteiger partial charge >= 0.3 is 0 Å². The highest BCUT2D eigenvalue weighted by molar-refractivity contribution is 8.00. The minimum absolute atomic E-state index is 0.0323. The van der Waals surface area contributed by atoms with Gasteiger partial charge < -0.3 is 15.0 Å². The number of anilines is 1. The summed E-state index contributed by atoms with van der Waals surface area (Å²) < 4.78 is 31.9. The summed E-state index contributed by atoms with van der Waals surface area (Å²) in [4.78, 5) is 25.5. The fraction of sp³-hybridized carbons (Fsp3) is 0.222. The van der Waals surface area contributed by atoms with E-state index in [1.807, 2.05) is 0 Å². The van der Waals surface area contributed by atoms with Gasteiger partial charge in [-0.15, -0.1) is 11.8 Å². The average Bonchev–Trinajstić information content (AvgIpc) is 2.62. The largest absolute Gasteiger partial charge is 0.495 e. The molecule has 2 rings (SSSR count). The van der Waals surface area contributed by atoms with Gasteiger partial charge in [0.05, 0.1) is 25.1 Å². The first-order chi connectivity index (χ1) is 12.8. The molecular weight excluding hydrogens is 398 g/mol. The number of nitrogens with zero attached hydrogens (tertiary/aromatic N) is 1. The molecule has 0 unspecified atom stereocenters. The Morgan fingerprint density at radius 1 is 1.22 bits per heavy atom. The second kappa shape index (κ2) is 9.57. The van der Waals surface area contributed by atoms with Crippen LogP contribution in [0.1, 0.15) is 0 Å². The second-order valence-corrected chi connectivity index (χ2v) is 6.96. The third kappa shape index (κ3) is 6.11. The van der Waals surface area contributed by atoms with Gasteiger partial charge in [0.15, 0.2) is 0 Å². The molecule has 144 valence electrons. The Bertz CT molecular complexity index is 851. The fourth-order valence-corrected chi connectivity index (χ4v) is 3.18. The number of nitrogens with one attached hydrogen (secondary N) is 1. The van der Waals surface area contributed by atoms with E-state index in [9.17, 15) is 18.4 Å². The van der Waals surface area contributed by atoms with Crippen LogP contribution in [0.5, 0.6) is 5.75 Å². The number of amides is 2. The van der Waals surface area contributed by atoms with Gasteiger partial charge in [0, 0.05) is 17.0 Å². The van der Waals surface area contributed by atoms with Crippen molar-refractivity contribution < 1.29 is 23.1 Å². The maximum atomic E-state index is 13.6. The van der Waals surface area contributed by atoms with Crippen LogP contribution in [0.15, 0.2) is 41.3 Å². The summed E-state index contributed by atoms with van der Waals surface area (Å²) >= 11 is 6.77. The van der Waals surface area contributed by atoms with Gasteiger partial charge in [-0.25, -0.2) is 8.78 Å². The van der Waals surface area contributed by atoms with Crippen LogP contribution >= 0.6 is 23.4 Å². The van der Waals surface area contributed by atoms with Crippen molar-refractivity contribution in [3.05, 3.63) is 53.1 Å². The van der Waals surface area contributed by atoms with Gasteiger partial charge in [0.1, 0.15) is 17.4 Å². The van der Waals surface area contributed by atoms with E-state index in [2.05, 4.69) is 5.32 Å². The van der Waals surface area contributed by atoms with Gasteiger partial charge in [-0.3, -0.25) is 9.59 Å². The van der Waals surface area contributed by atoms with E-state index in [1.165, 1.54) is 25.1 Å². The van der Waals surface area contributed by atoms with E-state index < -0.39 is 23.4 Å². The Balaban J connectivity index is 1.91. The summed E-state index contributed by atoms with van der Waals surface area (Å²) in [7, 11) is 2.90. The summed E-state index contributed by atoms with van der Waals surface area (Å²) in [6.45, 7) is -0.222. The number of carbonyl (C=O) groups excluding carboxylic acids is 2. The summed E-state index contributed by atoms with van der Waals surface area (Å²) in [5, 5.41) is 3.04. The van der Waals surface area contributed by atoms with Gasteiger partial charge in [-0.1, -0.05) is 11.6 Å². The number of carbonyl (C=O) groups is 2. The molecule has 0 saturated heterocycles. The van der Waals surface area contributed by atoms with Crippen molar-refractivity contribution in [1.82, 2.24) is 4.90 Å². The standard InChI is InChI=1S/C18H17ClF2N2O3S/c1-23(18(25)10-27-16-8-12(20)4-5-13(16)21)9-17(24)22-14-7-11(19)3-6-15(14)26-2/h3-8H,9-10H2,1-2H3,(H,22,24). The quantitative estimate of drug-likeness (QED) is 0.700. The van der Waals surface area contributed by atoms with Crippen LogP contribution in [-0.4, -0.2) is 43.2 Å². The molecule has 0 aliphatic rings. The van der Waals surface area contributed by atoms with Crippen molar-refractivity contribution >= 4 is 40.9 Å².